The van der Waals surface area contributed by atoms with Gasteiger partial charge in [-0.05, 0) is 60.4 Å². The number of aliphatic carboxylic acids is 1. The number of nitrogens with zero attached hydrogens (tertiary/aromatic N) is 1. The molecule has 0 amide bonds. The Kier molecular flexibility index (Phi) is 5.71. The lowest BCUT2D eigenvalue weighted by atomic mass is 9.75. The molecule has 170 valence electrons. The Bertz CT molecular complexity index is 1190. The number of aromatic nitrogens is 1. The summed E-state index contributed by atoms with van der Waals surface area (Å²) in [5.74, 6) is -3.17. The van der Waals surface area contributed by atoms with Crippen molar-refractivity contribution in [3.05, 3.63) is 59.3 Å². The molecule has 9 heteroatoms. The first kappa shape index (κ1) is 23.2. The van der Waals surface area contributed by atoms with Gasteiger partial charge in [0.25, 0.3) is 5.91 Å². The highest BCUT2D eigenvalue weighted by molar-refractivity contribution is 6.05. The zero-order valence-corrected chi connectivity index (χ0v) is 17.8. The van der Waals surface area contributed by atoms with E-state index in [-0.39, 0.29) is 11.3 Å². The number of hydrogen-bond donors (Lipinski definition) is 2. The van der Waals surface area contributed by atoms with Crippen molar-refractivity contribution in [1.82, 2.24) is 4.57 Å². The lowest BCUT2D eigenvalue weighted by Crippen LogP contribution is -2.27. The van der Waals surface area contributed by atoms with Gasteiger partial charge in [-0.2, -0.15) is 0 Å². The number of carboxylic acid groups (broad SMARTS) is 1. The van der Waals surface area contributed by atoms with Crippen LogP contribution in [0.2, 0.25) is 0 Å². The van der Waals surface area contributed by atoms with E-state index in [1.165, 1.54) is 34.9 Å². The largest absolute Gasteiger partial charge is 0.573 e. The topological polar surface area (TPSA) is 88.8 Å². The summed E-state index contributed by atoms with van der Waals surface area (Å²) in [5, 5.41) is 20.4. The molecule has 0 aliphatic rings. The Morgan fingerprint density at radius 3 is 2.12 bits per heavy atom. The molecule has 0 fully saturated rings. The number of hydrogen-bond acceptors (Lipinski definition) is 4. The predicted molar refractivity (Wildman–Crippen MR) is 111 cm³/mol. The molecule has 0 radical (unpaired) electrons. The molecular weight excluding hydrogens is 427 g/mol. The third kappa shape index (κ3) is 4.42. The van der Waals surface area contributed by atoms with Crippen molar-refractivity contribution in [2.24, 2.45) is 5.41 Å². The number of benzene rings is 2. The zero-order chi connectivity index (χ0) is 24.0. The van der Waals surface area contributed by atoms with Gasteiger partial charge in [0, 0.05) is 16.6 Å². The summed E-state index contributed by atoms with van der Waals surface area (Å²) < 4.78 is 42.4. The number of phenols is 1. The van der Waals surface area contributed by atoms with Gasteiger partial charge < -0.3 is 14.9 Å². The average molecular weight is 449 g/mol. The number of ether oxygens (including phenoxy) is 1. The van der Waals surface area contributed by atoms with Crippen molar-refractivity contribution in [2.45, 2.75) is 40.0 Å². The van der Waals surface area contributed by atoms with Crippen LogP contribution in [0.15, 0.2) is 42.5 Å². The summed E-state index contributed by atoms with van der Waals surface area (Å²) in [5.41, 5.74) is 0.517. The van der Waals surface area contributed by atoms with E-state index in [0.29, 0.717) is 22.2 Å². The minimum Gasteiger partial charge on any atom is -0.508 e. The number of alkyl halides is 3. The highest BCUT2D eigenvalue weighted by Crippen LogP contribution is 2.42. The van der Waals surface area contributed by atoms with Crippen molar-refractivity contribution < 1.29 is 37.7 Å². The van der Waals surface area contributed by atoms with Crippen LogP contribution < -0.4 is 4.74 Å². The second-order valence-electron chi connectivity index (χ2n) is 8.55. The molecule has 3 aromatic rings. The van der Waals surface area contributed by atoms with Crippen molar-refractivity contribution in [3.8, 4) is 11.5 Å². The molecule has 0 aliphatic carbocycles. The first-order valence-electron chi connectivity index (χ1n) is 9.68. The molecule has 6 nitrogen and oxygen atoms in total. The summed E-state index contributed by atoms with van der Waals surface area (Å²) in [6.45, 7) is 6.89. The fourth-order valence-electron chi connectivity index (χ4n) is 3.91. The van der Waals surface area contributed by atoms with Crippen LogP contribution in [0.25, 0.3) is 10.9 Å². The van der Waals surface area contributed by atoms with Gasteiger partial charge in [0.1, 0.15) is 11.5 Å². The number of halogens is 3. The van der Waals surface area contributed by atoms with Crippen LogP contribution in [0, 0.1) is 12.3 Å². The molecule has 2 N–H and O–H groups in total. The SMILES string of the molecule is Cc1c(C(C(=O)O)C(C)(C)C)c2cc(O)ccc2n1C(=O)c1ccc(OC(F)(F)F)cc1. The second kappa shape index (κ2) is 7.89. The standard InChI is InChI=1S/C23H22F3NO5/c1-12-18(19(21(30)31)22(2,3)4)16-11-14(28)7-10-17(16)27(12)20(29)13-5-8-15(9-6-13)32-23(24,25)26/h5-11,19,28H,1-4H3,(H,30,31). The summed E-state index contributed by atoms with van der Waals surface area (Å²) in [6.07, 6.45) is -4.85. The number of carboxylic acids is 1. The first-order valence-corrected chi connectivity index (χ1v) is 9.68. The highest BCUT2D eigenvalue weighted by Gasteiger charge is 2.37. The maximum atomic E-state index is 13.3. The number of rotatable bonds is 4. The maximum absolute atomic E-state index is 13.3. The van der Waals surface area contributed by atoms with Crippen molar-refractivity contribution >= 4 is 22.8 Å². The van der Waals surface area contributed by atoms with Gasteiger partial charge in [0.2, 0.25) is 0 Å². The van der Waals surface area contributed by atoms with Crippen molar-refractivity contribution in [1.29, 1.82) is 0 Å². The number of fused-ring (bicyclic) bond motifs is 1. The average Bonchev–Trinajstić information content (AvgIpc) is 2.91. The predicted octanol–water partition coefficient (Wildman–Crippen LogP) is 5.46. The number of carbonyl (C=O) groups is 2. The number of aromatic hydroxyl groups is 1. The second-order valence-corrected chi connectivity index (χ2v) is 8.55. The minimum atomic E-state index is -4.85. The lowest BCUT2D eigenvalue weighted by Gasteiger charge is -2.27. The maximum Gasteiger partial charge on any atom is 0.573 e. The van der Waals surface area contributed by atoms with E-state index < -0.39 is 35.3 Å². The third-order valence-corrected chi connectivity index (χ3v) is 5.18. The molecule has 32 heavy (non-hydrogen) atoms. The zero-order valence-electron chi connectivity index (χ0n) is 17.8. The van der Waals surface area contributed by atoms with Crippen LogP contribution in [-0.2, 0) is 4.79 Å². The molecule has 1 aromatic heterocycles. The van der Waals surface area contributed by atoms with Crippen LogP contribution in [0.5, 0.6) is 11.5 Å². The Morgan fingerprint density at radius 1 is 1.03 bits per heavy atom. The summed E-state index contributed by atoms with van der Waals surface area (Å²) >= 11 is 0. The first-order chi connectivity index (χ1) is 14.7. The minimum absolute atomic E-state index is 0.0850. The van der Waals surface area contributed by atoms with Crippen LogP contribution in [0.4, 0.5) is 13.2 Å². The van der Waals surface area contributed by atoms with Crippen molar-refractivity contribution in [3.63, 3.8) is 0 Å². The van der Waals surface area contributed by atoms with E-state index in [1.807, 2.05) is 0 Å². The molecule has 0 saturated carbocycles. The van der Waals surface area contributed by atoms with Crippen molar-refractivity contribution in [2.75, 3.05) is 0 Å². The van der Waals surface area contributed by atoms with Crippen LogP contribution >= 0.6 is 0 Å². The Hall–Kier alpha value is -3.49. The number of carbonyl (C=O) groups excluding carboxylic acids is 1. The molecule has 0 bridgehead atoms. The van der Waals surface area contributed by atoms with Crippen LogP contribution in [0.3, 0.4) is 0 Å². The third-order valence-electron chi connectivity index (χ3n) is 5.18. The van der Waals surface area contributed by atoms with Gasteiger partial charge in [-0.25, -0.2) is 0 Å². The highest BCUT2D eigenvalue weighted by atomic mass is 19.4. The monoisotopic (exact) mass is 449 g/mol. The Morgan fingerprint density at radius 2 is 1.62 bits per heavy atom. The normalized spacial score (nSPS) is 13.2. The fraction of sp³-hybridized carbons (Fsp3) is 0.304. The van der Waals surface area contributed by atoms with E-state index in [4.69, 9.17) is 0 Å². The Labute approximate surface area is 181 Å². The van der Waals surface area contributed by atoms with Crippen LogP contribution in [0.1, 0.15) is 48.3 Å². The lowest BCUT2D eigenvalue weighted by molar-refractivity contribution is -0.274. The fourth-order valence-corrected chi connectivity index (χ4v) is 3.91. The van der Waals surface area contributed by atoms with Gasteiger partial charge in [-0.15, -0.1) is 13.2 Å². The summed E-state index contributed by atoms with van der Waals surface area (Å²) in [7, 11) is 0. The van der Waals surface area contributed by atoms with E-state index >= 15 is 0 Å². The molecule has 0 aliphatic heterocycles. The summed E-state index contributed by atoms with van der Waals surface area (Å²) in [4.78, 5) is 25.5. The van der Waals surface area contributed by atoms with Gasteiger partial charge in [-0.3, -0.25) is 14.2 Å². The molecule has 3 rings (SSSR count). The molecule has 0 saturated heterocycles. The van der Waals surface area contributed by atoms with E-state index in [2.05, 4.69) is 4.74 Å². The Balaban J connectivity index is 2.18. The molecular formula is C23H22F3NO5. The molecule has 1 atom stereocenters. The molecule has 2 aromatic carbocycles. The molecule has 0 spiro atoms. The van der Waals surface area contributed by atoms with E-state index in [9.17, 15) is 33.0 Å². The number of phenolic OH excluding ortho intramolecular Hbond substituents is 1. The molecule has 1 unspecified atom stereocenters. The van der Waals surface area contributed by atoms with E-state index in [0.717, 1.165) is 12.1 Å². The van der Waals surface area contributed by atoms with Gasteiger partial charge in [0.15, 0.2) is 0 Å². The van der Waals surface area contributed by atoms with Crippen LogP contribution in [-0.4, -0.2) is 33.0 Å². The van der Waals surface area contributed by atoms with Gasteiger partial charge in [0.05, 0.1) is 11.4 Å². The van der Waals surface area contributed by atoms with E-state index in [1.54, 1.807) is 27.7 Å². The smallest absolute Gasteiger partial charge is 0.508 e. The van der Waals surface area contributed by atoms with Gasteiger partial charge in [-0.1, -0.05) is 20.8 Å². The van der Waals surface area contributed by atoms with Gasteiger partial charge >= 0.3 is 12.3 Å². The summed E-state index contributed by atoms with van der Waals surface area (Å²) in [6, 6.07) is 8.75. The quantitative estimate of drug-likeness (QED) is 0.552. The molecule has 1 heterocycles.